The highest BCUT2D eigenvalue weighted by Crippen LogP contribution is 2.45. The number of rotatable bonds is 8. The molecule has 8 bridgehead atoms. The minimum Gasteiger partial charge on any atom is -0.376 e. The first-order valence-corrected chi connectivity index (χ1v) is 21.2. The lowest BCUT2D eigenvalue weighted by Crippen LogP contribution is -2.17. The van der Waals surface area contributed by atoms with Gasteiger partial charge in [0, 0.05) is 157 Å². The van der Waals surface area contributed by atoms with E-state index in [1.807, 2.05) is 0 Å². The van der Waals surface area contributed by atoms with Crippen LogP contribution in [0.25, 0.3) is 89.7 Å². The van der Waals surface area contributed by atoms with E-state index in [1.165, 1.54) is 0 Å². The quantitative estimate of drug-likeness (QED) is 0.157. The molecule has 3 aromatic heterocycles. The van der Waals surface area contributed by atoms with E-state index in [-0.39, 0.29) is 0 Å². The van der Waals surface area contributed by atoms with Crippen molar-refractivity contribution in [3.8, 4) is 45.6 Å². The molecule has 5 heterocycles. The van der Waals surface area contributed by atoms with Crippen LogP contribution in [0.3, 0.4) is 0 Å². The van der Waals surface area contributed by atoms with Crippen LogP contribution < -0.4 is 39.2 Å². The number of nitrogens with zero attached hydrogens (tertiary/aromatic N) is 14. The van der Waals surface area contributed by atoms with Gasteiger partial charge in [0.25, 0.3) is 0 Å². The van der Waals surface area contributed by atoms with E-state index in [1.54, 1.807) is 0 Å². The van der Waals surface area contributed by atoms with Gasteiger partial charge in [0.2, 0.25) is 0 Å². The molecule has 0 saturated heterocycles. The summed E-state index contributed by atoms with van der Waals surface area (Å²) in [4.78, 5) is 56.5. The molecule has 16 heteroatoms. The Morgan fingerprint density at radius 2 is 0.422 bits per heavy atom. The highest BCUT2D eigenvalue weighted by molar-refractivity contribution is 6.11. The second-order valence-electron chi connectivity index (χ2n) is 18.3. The van der Waals surface area contributed by atoms with Crippen molar-refractivity contribution in [1.82, 2.24) is 39.9 Å². The fraction of sp³-hybridized carbons (Fsp3) is 0.333. The third kappa shape index (κ3) is 6.75. The molecule has 0 fully saturated rings. The summed E-state index contributed by atoms with van der Waals surface area (Å²) in [5.74, 6) is 2.18. The Kier molecular flexibility index (Phi) is 9.95. The number of anilines is 8. The summed E-state index contributed by atoms with van der Waals surface area (Å²) < 4.78 is 0. The fourth-order valence-electron chi connectivity index (χ4n) is 8.75. The van der Waals surface area contributed by atoms with E-state index in [4.69, 9.17) is 29.9 Å². The molecule has 4 aromatic carbocycles. The van der Waals surface area contributed by atoms with Crippen LogP contribution in [-0.4, -0.2) is 153 Å². The molecule has 16 nitrogen and oxygen atoms in total. The molecule has 2 N–H and O–H groups in total. The maximum absolute atomic E-state index is 5.41. The number of H-pyrrole nitrogens is 2. The summed E-state index contributed by atoms with van der Waals surface area (Å²) in [6.45, 7) is 0. The van der Waals surface area contributed by atoms with Gasteiger partial charge < -0.3 is 49.2 Å². The first-order valence-electron chi connectivity index (χ1n) is 21.2. The Bertz CT molecular complexity index is 2790. The number of nitrogens with one attached hydrogen (secondary N) is 2. The maximum atomic E-state index is 5.41. The lowest BCUT2D eigenvalue weighted by atomic mass is 10.0. The van der Waals surface area contributed by atoms with Crippen molar-refractivity contribution in [2.75, 3.05) is 152 Å². The van der Waals surface area contributed by atoms with Crippen molar-refractivity contribution in [3.05, 3.63) is 48.5 Å². The molecular formula is C48H58N16. The minimum absolute atomic E-state index is 0.544. The van der Waals surface area contributed by atoms with Crippen LogP contribution in [0.4, 0.5) is 45.5 Å². The van der Waals surface area contributed by atoms with Gasteiger partial charge in [0.1, 0.15) is 22.6 Å². The molecule has 0 atom stereocenters. The third-order valence-electron chi connectivity index (χ3n) is 12.1. The predicted molar refractivity (Wildman–Crippen MR) is 271 cm³/mol. The Hall–Kier alpha value is -7.36. The average Bonchev–Trinajstić information content (AvgIpc) is 3.96. The highest BCUT2D eigenvalue weighted by Gasteiger charge is 2.27. The number of fused-ring (bicyclic) bond motifs is 20. The van der Waals surface area contributed by atoms with Gasteiger partial charge in [-0.3, -0.25) is 0 Å². The molecule has 7 aromatic rings. The van der Waals surface area contributed by atoms with Crippen LogP contribution in [0, 0.1) is 0 Å². The number of hydrogen-bond donors (Lipinski definition) is 2. The molecule has 0 radical (unpaired) electrons. The van der Waals surface area contributed by atoms with Crippen LogP contribution in [0.15, 0.2) is 48.5 Å². The van der Waals surface area contributed by atoms with Crippen LogP contribution in [0.2, 0.25) is 0 Å². The molecule has 0 saturated carbocycles. The minimum atomic E-state index is 0.544. The van der Waals surface area contributed by atoms with Gasteiger partial charge in [-0.15, -0.1) is 0 Å². The van der Waals surface area contributed by atoms with Crippen molar-refractivity contribution in [3.63, 3.8) is 0 Å². The predicted octanol–water partition coefficient (Wildman–Crippen LogP) is 7.40. The van der Waals surface area contributed by atoms with Gasteiger partial charge in [0.15, 0.2) is 23.3 Å². The standard InChI is InChI=1S/C48H58N16/c1-57(2)33-17-25-26(18-34(33)58(3)4)42-49-41(25)53-43-27-19-35(59(5)6)36(60(7)8)20-28(27)45(50-43)55-47-31-23-39(63(13)14)40(64(15)16)24-32(31)48(52-47)56-46-30-22-38(62(11)12)37(61(9)10)21-29(30)44(51-46)54-42/h17-24H,1-16H3,(H2,49,50,51,52,53,54,55,56). The summed E-state index contributed by atoms with van der Waals surface area (Å²) in [6, 6.07) is 17.4. The first-order chi connectivity index (χ1) is 30.3. The molecular weight excluding hydrogens is 801 g/mol. The second-order valence-corrected chi connectivity index (χ2v) is 18.3. The zero-order valence-corrected chi connectivity index (χ0v) is 39.9. The highest BCUT2D eigenvalue weighted by atomic mass is 15.2. The van der Waals surface area contributed by atoms with Gasteiger partial charge in [-0.05, 0) is 48.5 Å². The van der Waals surface area contributed by atoms with E-state index in [0.29, 0.717) is 45.9 Å². The zero-order chi connectivity index (χ0) is 45.8. The van der Waals surface area contributed by atoms with E-state index >= 15 is 0 Å². The molecule has 2 aliphatic rings. The molecule has 330 valence electrons. The molecule has 0 unspecified atom stereocenters. The number of benzene rings is 4. The zero-order valence-electron chi connectivity index (χ0n) is 39.9. The smallest absolute Gasteiger partial charge is 0.164 e. The van der Waals surface area contributed by atoms with E-state index in [9.17, 15) is 0 Å². The van der Waals surface area contributed by atoms with Crippen LogP contribution in [-0.2, 0) is 0 Å². The molecule has 2 aliphatic heterocycles. The second kappa shape index (κ2) is 15.2. The van der Waals surface area contributed by atoms with Gasteiger partial charge >= 0.3 is 0 Å². The van der Waals surface area contributed by atoms with E-state index < -0.39 is 0 Å². The normalized spacial score (nSPS) is 11.8. The Balaban J connectivity index is 1.52. The van der Waals surface area contributed by atoms with Gasteiger partial charge in [-0.2, -0.15) is 0 Å². The van der Waals surface area contributed by atoms with Crippen molar-refractivity contribution in [2.45, 2.75) is 0 Å². The largest absolute Gasteiger partial charge is 0.376 e. The average molecular weight is 859 g/mol. The topological polar surface area (TPSA) is 135 Å². The summed E-state index contributed by atoms with van der Waals surface area (Å²) in [5.41, 5.74) is 14.3. The fourth-order valence-corrected chi connectivity index (χ4v) is 8.75. The summed E-state index contributed by atoms with van der Waals surface area (Å²) in [5, 5.41) is 3.62. The van der Waals surface area contributed by atoms with Crippen molar-refractivity contribution >= 4 is 89.6 Å². The number of aromatic amines is 2. The van der Waals surface area contributed by atoms with Crippen molar-refractivity contribution in [1.29, 1.82) is 0 Å². The molecule has 0 spiro atoms. The van der Waals surface area contributed by atoms with E-state index in [2.05, 4.69) is 210 Å². The maximum Gasteiger partial charge on any atom is 0.164 e. The lowest BCUT2D eigenvalue weighted by Gasteiger charge is -2.23. The van der Waals surface area contributed by atoms with Gasteiger partial charge in [0.05, 0.1) is 45.5 Å². The summed E-state index contributed by atoms with van der Waals surface area (Å²) >= 11 is 0. The monoisotopic (exact) mass is 859 g/mol. The Morgan fingerprint density at radius 1 is 0.250 bits per heavy atom. The Morgan fingerprint density at radius 3 is 0.594 bits per heavy atom. The van der Waals surface area contributed by atoms with Crippen LogP contribution in [0.1, 0.15) is 0 Å². The van der Waals surface area contributed by atoms with Crippen molar-refractivity contribution < 1.29 is 0 Å². The van der Waals surface area contributed by atoms with Crippen molar-refractivity contribution in [2.24, 2.45) is 0 Å². The molecule has 9 rings (SSSR count). The van der Waals surface area contributed by atoms with Gasteiger partial charge in [-0.25, -0.2) is 29.9 Å². The van der Waals surface area contributed by atoms with Crippen LogP contribution >= 0.6 is 0 Å². The molecule has 64 heavy (non-hydrogen) atoms. The lowest BCUT2D eigenvalue weighted by molar-refractivity contribution is 1.08. The summed E-state index contributed by atoms with van der Waals surface area (Å²) in [6.07, 6.45) is 0. The van der Waals surface area contributed by atoms with Crippen LogP contribution in [0.5, 0.6) is 0 Å². The third-order valence-corrected chi connectivity index (χ3v) is 12.1. The SMILES string of the molecule is CN(C)c1cc2c(cc1N(C)C)-c1nc-2nc2[nH]c(nc3nc(nc4[nH]c(n1)c1cc(N(C)C)c(N(C)C)cc41)-c1cc(N(C)C)c(N(C)C)cc1-3)c1cc(N(C)C)c(N(C)C)cc21. The molecule has 0 amide bonds. The first kappa shape index (κ1) is 42.0. The summed E-state index contributed by atoms with van der Waals surface area (Å²) in [7, 11) is 32.9. The molecule has 0 aliphatic carbocycles. The number of hydrogen-bond acceptors (Lipinski definition) is 14. The van der Waals surface area contributed by atoms with E-state index in [0.717, 1.165) is 89.3 Å². The van der Waals surface area contributed by atoms with Gasteiger partial charge in [-0.1, -0.05) is 0 Å². The Labute approximate surface area is 374 Å². The number of aromatic nitrogens is 8.